The van der Waals surface area contributed by atoms with Gasteiger partial charge in [-0.1, -0.05) is 27.2 Å². The number of ether oxygens (including phenoxy) is 1. The molecule has 114 valence electrons. The number of nitrogens with one attached hydrogen (secondary N) is 1. The Morgan fingerprint density at radius 2 is 2.05 bits per heavy atom. The minimum absolute atomic E-state index is 0.00735. The van der Waals surface area contributed by atoms with Gasteiger partial charge in [-0.3, -0.25) is 4.90 Å². The lowest BCUT2D eigenvalue weighted by Crippen LogP contribution is -2.58. The van der Waals surface area contributed by atoms with Crippen LogP contribution in [-0.2, 0) is 4.74 Å². The Morgan fingerprint density at radius 1 is 1.37 bits per heavy atom. The molecular formula is C16H34N2O. The van der Waals surface area contributed by atoms with Gasteiger partial charge in [0.1, 0.15) is 0 Å². The van der Waals surface area contributed by atoms with Crippen molar-refractivity contribution in [2.45, 2.75) is 71.6 Å². The van der Waals surface area contributed by atoms with Crippen LogP contribution in [0.25, 0.3) is 0 Å². The van der Waals surface area contributed by atoms with E-state index in [0.29, 0.717) is 12.1 Å². The molecule has 1 rings (SSSR count). The van der Waals surface area contributed by atoms with Crippen molar-refractivity contribution in [1.29, 1.82) is 0 Å². The number of piperazine rings is 1. The van der Waals surface area contributed by atoms with E-state index in [2.05, 4.69) is 44.8 Å². The summed E-state index contributed by atoms with van der Waals surface area (Å²) in [4.78, 5) is 2.69. The molecule has 19 heavy (non-hydrogen) atoms. The molecular weight excluding hydrogens is 236 g/mol. The van der Waals surface area contributed by atoms with Crippen molar-refractivity contribution in [3.05, 3.63) is 0 Å². The molecule has 0 aromatic heterocycles. The zero-order valence-electron chi connectivity index (χ0n) is 13.8. The van der Waals surface area contributed by atoms with Crippen molar-refractivity contribution in [2.75, 3.05) is 26.7 Å². The highest BCUT2D eigenvalue weighted by Gasteiger charge is 2.31. The summed E-state index contributed by atoms with van der Waals surface area (Å²) in [5, 5.41) is 3.70. The fourth-order valence-corrected chi connectivity index (χ4v) is 2.78. The minimum Gasteiger partial charge on any atom is -0.379 e. The monoisotopic (exact) mass is 270 g/mol. The quantitative estimate of drug-likeness (QED) is 0.770. The smallest absolute Gasteiger partial charge is 0.0634 e. The van der Waals surface area contributed by atoms with E-state index in [1.807, 2.05) is 7.11 Å². The van der Waals surface area contributed by atoms with E-state index in [9.17, 15) is 0 Å². The summed E-state index contributed by atoms with van der Waals surface area (Å²) in [5.74, 6) is 0.760. The molecule has 3 unspecified atom stereocenters. The average molecular weight is 270 g/mol. The maximum Gasteiger partial charge on any atom is 0.0634 e. The van der Waals surface area contributed by atoms with E-state index >= 15 is 0 Å². The van der Waals surface area contributed by atoms with Crippen molar-refractivity contribution in [3.8, 4) is 0 Å². The molecule has 0 spiro atoms. The highest BCUT2D eigenvalue weighted by atomic mass is 16.5. The third-order valence-electron chi connectivity index (χ3n) is 4.89. The predicted octanol–water partition coefficient (Wildman–Crippen LogP) is 2.90. The van der Waals surface area contributed by atoms with Crippen molar-refractivity contribution in [3.63, 3.8) is 0 Å². The van der Waals surface area contributed by atoms with Crippen molar-refractivity contribution < 1.29 is 4.74 Å². The van der Waals surface area contributed by atoms with Crippen molar-refractivity contribution >= 4 is 0 Å². The average Bonchev–Trinajstić information content (AvgIpc) is 2.44. The SMILES string of the molecule is CCC1CN(CCC(C)(C)OC)C(C(C)CC)CN1. The molecule has 0 saturated carbocycles. The van der Waals surface area contributed by atoms with Gasteiger partial charge in [-0.2, -0.15) is 0 Å². The second-order valence-corrected chi connectivity index (χ2v) is 6.68. The van der Waals surface area contributed by atoms with Gasteiger partial charge in [-0.15, -0.1) is 0 Å². The fourth-order valence-electron chi connectivity index (χ4n) is 2.78. The van der Waals surface area contributed by atoms with Crippen LogP contribution in [-0.4, -0.2) is 49.3 Å². The molecule has 1 aliphatic rings. The van der Waals surface area contributed by atoms with Crippen LogP contribution in [0.3, 0.4) is 0 Å². The Hall–Kier alpha value is -0.120. The van der Waals surface area contributed by atoms with E-state index in [4.69, 9.17) is 4.74 Å². The summed E-state index contributed by atoms with van der Waals surface area (Å²) < 4.78 is 5.56. The standard InChI is InChI=1S/C16H34N2O/c1-7-13(3)15-11-17-14(8-2)12-18(15)10-9-16(4,5)19-6/h13-15,17H,7-12H2,1-6H3. The third-order valence-corrected chi connectivity index (χ3v) is 4.89. The molecule has 0 aromatic rings. The van der Waals surface area contributed by atoms with Crippen LogP contribution >= 0.6 is 0 Å². The Balaban J connectivity index is 2.60. The lowest BCUT2D eigenvalue weighted by Gasteiger charge is -2.44. The van der Waals surface area contributed by atoms with Crippen LogP contribution in [0.4, 0.5) is 0 Å². The Kier molecular flexibility index (Phi) is 6.78. The minimum atomic E-state index is -0.00735. The van der Waals surface area contributed by atoms with Crippen LogP contribution in [0, 0.1) is 5.92 Å². The molecule has 0 amide bonds. The molecule has 1 saturated heterocycles. The molecule has 3 heteroatoms. The lowest BCUT2D eigenvalue weighted by atomic mass is 9.93. The van der Waals surface area contributed by atoms with Crippen LogP contribution in [0.15, 0.2) is 0 Å². The van der Waals surface area contributed by atoms with E-state index in [1.54, 1.807) is 0 Å². The first-order valence-corrected chi connectivity index (χ1v) is 7.96. The zero-order chi connectivity index (χ0) is 14.5. The van der Waals surface area contributed by atoms with Crippen LogP contribution < -0.4 is 5.32 Å². The van der Waals surface area contributed by atoms with E-state index < -0.39 is 0 Å². The van der Waals surface area contributed by atoms with Crippen molar-refractivity contribution in [2.24, 2.45) is 5.92 Å². The van der Waals surface area contributed by atoms with Gasteiger partial charge < -0.3 is 10.1 Å². The molecule has 1 heterocycles. The molecule has 3 atom stereocenters. The lowest BCUT2D eigenvalue weighted by molar-refractivity contribution is -0.00472. The van der Waals surface area contributed by atoms with Crippen LogP contribution in [0.5, 0.6) is 0 Å². The van der Waals surface area contributed by atoms with Gasteiger partial charge in [0.15, 0.2) is 0 Å². The number of rotatable bonds is 7. The fraction of sp³-hybridized carbons (Fsp3) is 1.00. The summed E-state index contributed by atoms with van der Waals surface area (Å²) in [5.41, 5.74) is -0.00735. The normalized spacial score (nSPS) is 27.5. The van der Waals surface area contributed by atoms with Gasteiger partial charge >= 0.3 is 0 Å². The molecule has 3 nitrogen and oxygen atoms in total. The molecule has 0 aliphatic carbocycles. The van der Waals surface area contributed by atoms with Gasteiger partial charge in [0.05, 0.1) is 5.60 Å². The van der Waals surface area contributed by atoms with E-state index in [1.165, 1.54) is 19.4 Å². The predicted molar refractivity (Wildman–Crippen MR) is 82.6 cm³/mol. The molecule has 1 aliphatic heterocycles. The first-order valence-electron chi connectivity index (χ1n) is 7.96. The number of hydrogen-bond acceptors (Lipinski definition) is 3. The van der Waals surface area contributed by atoms with E-state index in [-0.39, 0.29) is 5.60 Å². The van der Waals surface area contributed by atoms with Crippen LogP contribution in [0.2, 0.25) is 0 Å². The summed E-state index contributed by atoms with van der Waals surface area (Å²) in [7, 11) is 1.82. The van der Waals surface area contributed by atoms with Crippen LogP contribution in [0.1, 0.15) is 53.9 Å². The largest absolute Gasteiger partial charge is 0.379 e. The van der Waals surface area contributed by atoms with Gasteiger partial charge in [-0.25, -0.2) is 0 Å². The van der Waals surface area contributed by atoms with Gasteiger partial charge in [0.25, 0.3) is 0 Å². The number of nitrogens with zero attached hydrogens (tertiary/aromatic N) is 1. The van der Waals surface area contributed by atoms with Gasteiger partial charge in [0.2, 0.25) is 0 Å². The van der Waals surface area contributed by atoms with Gasteiger partial charge in [0, 0.05) is 38.8 Å². The van der Waals surface area contributed by atoms with Gasteiger partial charge in [-0.05, 0) is 32.6 Å². The number of methoxy groups -OCH3 is 1. The molecule has 0 bridgehead atoms. The molecule has 0 radical (unpaired) electrons. The maximum absolute atomic E-state index is 5.56. The third kappa shape index (κ3) is 5.05. The summed E-state index contributed by atoms with van der Waals surface area (Å²) in [6, 6.07) is 1.34. The molecule has 1 fully saturated rings. The highest BCUT2D eigenvalue weighted by molar-refractivity contribution is 4.89. The molecule has 1 N–H and O–H groups in total. The van der Waals surface area contributed by atoms with Crippen molar-refractivity contribution in [1.82, 2.24) is 10.2 Å². The molecule has 0 aromatic carbocycles. The Labute approximate surface area is 120 Å². The zero-order valence-corrected chi connectivity index (χ0v) is 13.8. The Bertz CT molecular complexity index is 255. The first kappa shape index (κ1) is 16.9. The Morgan fingerprint density at radius 3 is 2.58 bits per heavy atom. The maximum atomic E-state index is 5.56. The second kappa shape index (κ2) is 7.61. The summed E-state index contributed by atoms with van der Waals surface area (Å²) >= 11 is 0. The second-order valence-electron chi connectivity index (χ2n) is 6.68. The van der Waals surface area contributed by atoms with E-state index in [0.717, 1.165) is 25.4 Å². The summed E-state index contributed by atoms with van der Waals surface area (Å²) in [6.45, 7) is 14.8. The first-order chi connectivity index (χ1) is 8.93. The number of hydrogen-bond donors (Lipinski definition) is 1. The topological polar surface area (TPSA) is 24.5 Å². The highest BCUT2D eigenvalue weighted by Crippen LogP contribution is 2.22. The summed E-state index contributed by atoms with van der Waals surface area (Å²) in [6.07, 6.45) is 3.58.